The topological polar surface area (TPSA) is 84.1 Å². The van der Waals surface area contributed by atoms with E-state index in [4.69, 9.17) is 5.73 Å². The van der Waals surface area contributed by atoms with E-state index >= 15 is 0 Å². The molecule has 1 aromatic carbocycles. The van der Waals surface area contributed by atoms with Crippen LogP contribution in [-0.4, -0.2) is 35.2 Å². The Bertz CT molecular complexity index is 667. The van der Waals surface area contributed by atoms with Crippen molar-refractivity contribution in [3.8, 4) is 0 Å². The van der Waals surface area contributed by atoms with E-state index in [-0.39, 0.29) is 11.2 Å². The van der Waals surface area contributed by atoms with Gasteiger partial charge in [0.2, 0.25) is 5.91 Å². The van der Waals surface area contributed by atoms with Crippen LogP contribution in [0, 0.1) is 6.92 Å². The Morgan fingerprint density at radius 3 is 2.48 bits per heavy atom. The Morgan fingerprint density at radius 1 is 1.26 bits per heavy atom. The van der Waals surface area contributed by atoms with Gasteiger partial charge < -0.3 is 16.0 Å². The summed E-state index contributed by atoms with van der Waals surface area (Å²) < 4.78 is 0. The van der Waals surface area contributed by atoms with E-state index in [1.165, 1.54) is 11.8 Å². The molecule has 7 heteroatoms. The summed E-state index contributed by atoms with van der Waals surface area (Å²) in [4.78, 5) is 22.7. The smallest absolute Gasteiger partial charge is 0.237 e. The van der Waals surface area contributed by atoms with Gasteiger partial charge in [-0.25, -0.2) is 9.97 Å². The molecule has 0 aliphatic carbocycles. The first-order chi connectivity index (χ1) is 10.8. The summed E-state index contributed by atoms with van der Waals surface area (Å²) in [5, 5.41) is 3.07. The second-order valence-corrected chi connectivity index (χ2v) is 6.72. The molecule has 6 nitrogen and oxygen atoms in total. The molecule has 3 N–H and O–H groups in total. The van der Waals surface area contributed by atoms with E-state index in [9.17, 15) is 4.79 Å². The van der Waals surface area contributed by atoms with Gasteiger partial charge in [-0.05, 0) is 38.1 Å². The number of rotatable bonds is 5. The van der Waals surface area contributed by atoms with Crippen LogP contribution in [0.15, 0.2) is 35.5 Å². The molecule has 1 atom stereocenters. The van der Waals surface area contributed by atoms with E-state index in [0.717, 1.165) is 17.1 Å². The molecule has 0 saturated heterocycles. The molecule has 0 unspecified atom stereocenters. The lowest BCUT2D eigenvalue weighted by atomic mass is 10.2. The third kappa shape index (κ3) is 4.85. The lowest BCUT2D eigenvalue weighted by Gasteiger charge is -2.14. The number of aryl methyl sites for hydroxylation is 1. The van der Waals surface area contributed by atoms with Crippen molar-refractivity contribution in [2.24, 2.45) is 0 Å². The molecule has 0 saturated carbocycles. The molecule has 1 aromatic heterocycles. The first kappa shape index (κ1) is 17.1. The number of hydrogen-bond donors (Lipinski definition) is 2. The second kappa shape index (κ2) is 7.32. The molecule has 0 aliphatic rings. The predicted octanol–water partition coefficient (Wildman–Crippen LogP) is 2.55. The maximum absolute atomic E-state index is 12.3. The van der Waals surface area contributed by atoms with Gasteiger partial charge in [0, 0.05) is 37.2 Å². The largest absolute Gasteiger partial charge is 0.384 e. The van der Waals surface area contributed by atoms with Crippen LogP contribution in [0.5, 0.6) is 0 Å². The minimum absolute atomic E-state index is 0.101. The number of nitrogen functional groups attached to an aromatic ring is 1. The molecule has 2 aromatic rings. The van der Waals surface area contributed by atoms with Crippen molar-refractivity contribution in [1.29, 1.82) is 0 Å². The summed E-state index contributed by atoms with van der Waals surface area (Å²) in [7, 11) is 3.94. The average Bonchev–Trinajstić information content (AvgIpc) is 2.46. The third-order valence-corrected chi connectivity index (χ3v) is 4.12. The summed E-state index contributed by atoms with van der Waals surface area (Å²) in [6, 6.07) is 9.37. The van der Waals surface area contributed by atoms with Crippen LogP contribution in [0.4, 0.5) is 17.2 Å². The van der Waals surface area contributed by atoms with Gasteiger partial charge in [0.25, 0.3) is 0 Å². The van der Waals surface area contributed by atoms with Gasteiger partial charge >= 0.3 is 0 Å². The van der Waals surface area contributed by atoms with Crippen LogP contribution in [0.3, 0.4) is 0 Å². The van der Waals surface area contributed by atoms with Gasteiger partial charge in [0.1, 0.15) is 5.82 Å². The fourth-order valence-corrected chi connectivity index (χ4v) is 2.75. The van der Waals surface area contributed by atoms with Gasteiger partial charge in [-0.2, -0.15) is 0 Å². The summed E-state index contributed by atoms with van der Waals surface area (Å²) in [5.74, 6) is 0.308. The Morgan fingerprint density at radius 2 is 1.91 bits per heavy atom. The summed E-state index contributed by atoms with van der Waals surface area (Å²) >= 11 is 1.28. The molecule has 2 rings (SSSR count). The van der Waals surface area contributed by atoms with E-state index < -0.39 is 0 Å². The standard InChI is InChI=1S/C16H21N5OS/c1-10-9-14(17)20-16(18-10)23-11(2)15(22)19-12-5-7-13(8-6-12)21(3)4/h5-9,11H,1-4H3,(H,19,22)(H2,17,18,20)/t11-/m1/s1. The number of aromatic nitrogens is 2. The number of hydrogen-bond acceptors (Lipinski definition) is 6. The Hall–Kier alpha value is -2.28. The summed E-state index contributed by atoms with van der Waals surface area (Å²) in [5.41, 5.74) is 8.33. The number of benzene rings is 1. The van der Waals surface area contributed by atoms with Gasteiger partial charge in [-0.3, -0.25) is 4.79 Å². The highest BCUT2D eigenvalue weighted by Crippen LogP contribution is 2.22. The van der Waals surface area contributed by atoms with E-state index in [1.807, 2.05) is 57.1 Å². The number of thioether (sulfide) groups is 1. The molecule has 0 aliphatic heterocycles. The van der Waals surface area contributed by atoms with Crippen molar-refractivity contribution >= 4 is 34.9 Å². The maximum Gasteiger partial charge on any atom is 0.237 e. The van der Waals surface area contributed by atoms with Crippen molar-refractivity contribution < 1.29 is 4.79 Å². The SMILES string of the molecule is Cc1cc(N)nc(S[C@H](C)C(=O)Nc2ccc(N(C)C)cc2)n1. The van der Waals surface area contributed by atoms with Crippen molar-refractivity contribution in [2.45, 2.75) is 24.3 Å². The normalized spacial score (nSPS) is 11.8. The quantitative estimate of drug-likeness (QED) is 0.647. The van der Waals surface area contributed by atoms with Crippen molar-refractivity contribution in [1.82, 2.24) is 9.97 Å². The fraction of sp³-hybridized carbons (Fsp3) is 0.312. The monoisotopic (exact) mass is 331 g/mol. The summed E-state index contributed by atoms with van der Waals surface area (Å²) in [6.45, 7) is 3.66. The first-order valence-corrected chi connectivity index (χ1v) is 8.09. The highest BCUT2D eigenvalue weighted by Gasteiger charge is 2.16. The predicted molar refractivity (Wildman–Crippen MR) is 95.9 cm³/mol. The number of anilines is 3. The molecule has 0 spiro atoms. The third-order valence-electron chi connectivity index (χ3n) is 3.16. The zero-order chi connectivity index (χ0) is 17.0. The number of amides is 1. The second-order valence-electron chi connectivity index (χ2n) is 5.41. The molecule has 1 heterocycles. The molecular weight excluding hydrogens is 310 g/mol. The zero-order valence-corrected chi connectivity index (χ0v) is 14.5. The average molecular weight is 331 g/mol. The number of carbonyl (C=O) groups excluding carboxylic acids is 1. The van der Waals surface area contributed by atoms with E-state index in [2.05, 4.69) is 15.3 Å². The highest BCUT2D eigenvalue weighted by molar-refractivity contribution is 8.00. The number of nitrogens with zero attached hydrogens (tertiary/aromatic N) is 3. The number of carbonyl (C=O) groups is 1. The molecule has 0 bridgehead atoms. The van der Waals surface area contributed by atoms with Crippen LogP contribution in [0.2, 0.25) is 0 Å². The van der Waals surface area contributed by atoms with Crippen LogP contribution >= 0.6 is 11.8 Å². The van der Waals surface area contributed by atoms with Gasteiger partial charge in [0.05, 0.1) is 5.25 Å². The lowest BCUT2D eigenvalue weighted by Crippen LogP contribution is -2.22. The van der Waals surface area contributed by atoms with Crippen molar-refractivity contribution in [3.63, 3.8) is 0 Å². The van der Waals surface area contributed by atoms with Crippen molar-refractivity contribution in [3.05, 3.63) is 36.0 Å². The van der Waals surface area contributed by atoms with Gasteiger partial charge in [-0.1, -0.05) is 11.8 Å². The minimum Gasteiger partial charge on any atom is -0.384 e. The lowest BCUT2D eigenvalue weighted by molar-refractivity contribution is -0.115. The molecule has 23 heavy (non-hydrogen) atoms. The Labute approximate surface area is 140 Å². The first-order valence-electron chi connectivity index (χ1n) is 7.21. The number of nitrogens with two attached hydrogens (primary N) is 1. The van der Waals surface area contributed by atoms with Crippen LogP contribution in [0.25, 0.3) is 0 Å². The van der Waals surface area contributed by atoms with Gasteiger partial charge in [0.15, 0.2) is 5.16 Å². The Kier molecular flexibility index (Phi) is 5.44. The van der Waals surface area contributed by atoms with E-state index in [0.29, 0.717) is 11.0 Å². The van der Waals surface area contributed by atoms with Crippen molar-refractivity contribution in [2.75, 3.05) is 30.0 Å². The minimum atomic E-state index is -0.329. The zero-order valence-electron chi connectivity index (χ0n) is 13.7. The molecule has 1 amide bonds. The molecule has 0 fully saturated rings. The van der Waals surface area contributed by atoms with Crippen LogP contribution in [0.1, 0.15) is 12.6 Å². The molecule has 0 radical (unpaired) electrons. The van der Waals surface area contributed by atoms with Crippen LogP contribution in [-0.2, 0) is 4.79 Å². The Balaban J connectivity index is 1.99. The maximum atomic E-state index is 12.3. The van der Waals surface area contributed by atoms with E-state index in [1.54, 1.807) is 6.07 Å². The molecular formula is C16H21N5OS. The van der Waals surface area contributed by atoms with Gasteiger partial charge in [-0.15, -0.1) is 0 Å². The fourth-order valence-electron chi connectivity index (χ4n) is 1.92. The molecule has 122 valence electrons. The number of nitrogens with one attached hydrogen (secondary N) is 1. The highest BCUT2D eigenvalue weighted by atomic mass is 32.2. The summed E-state index contributed by atoms with van der Waals surface area (Å²) in [6.07, 6.45) is 0. The van der Waals surface area contributed by atoms with Crippen LogP contribution < -0.4 is 16.0 Å².